The normalized spacial score (nSPS) is 10.0. The van der Waals surface area contributed by atoms with E-state index in [9.17, 15) is 0 Å². The Morgan fingerprint density at radius 1 is 1.64 bits per heavy atom. The maximum absolute atomic E-state index is 5.29. The summed E-state index contributed by atoms with van der Waals surface area (Å²) >= 11 is 1.77. The van der Waals surface area contributed by atoms with E-state index in [1.54, 1.807) is 18.0 Å². The summed E-state index contributed by atoms with van der Waals surface area (Å²) in [5, 5.41) is 3.30. The van der Waals surface area contributed by atoms with Crippen molar-refractivity contribution in [2.24, 2.45) is 0 Å². The molecule has 0 aromatic carbocycles. The number of rotatable bonds is 6. The Balaban J connectivity index is 2.05. The van der Waals surface area contributed by atoms with Crippen LogP contribution in [0.15, 0.2) is 16.7 Å². The maximum Gasteiger partial charge on any atom is 0.120 e. The number of nitrogens with one attached hydrogen (secondary N) is 1. The Hall–Kier alpha value is -0.850. The predicted octanol–water partition coefficient (Wildman–Crippen LogP) is 2.04. The van der Waals surface area contributed by atoms with E-state index in [2.05, 4.69) is 11.2 Å². The van der Waals surface area contributed by atoms with Crippen molar-refractivity contribution < 1.29 is 4.42 Å². The highest BCUT2D eigenvalue weighted by Crippen LogP contribution is 2.07. The summed E-state index contributed by atoms with van der Waals surface area (Å²) in [6.45, 7) is 3.82. The van der Waals surface area contributed by atoms with Gasteiger partial charge in [0, 0.05) is 12.3 Å². The molecule has 14 heavy (non-hydrogen) atoms. The van der Waals surface area contributed by atoms with Crippen LogP contribution >= 0.6 is 11.8 Å². The smallest absolute Gasteiger partial charge is 0.120 e. The molecule has 1 aromatic heterocycles. The zero-order valence-electron chi connectivity index (χ0n) is 8.38. The highest BCUT2D eigenvalue weighted by Gasteiger charge is 1.99. The monoisotopic (exact) mass is 209 g/mol. The summed E-state index contributed by atoms with van der Waals surface area (Å²) in [4.78, 5) is 0. The first kappa shape index (κ1) is 11.2. The van der Waals surface area contributed by atoms with Gasteiger partial charge in [0.1, 0.15) is 5.76 Å². The molecule has 0 saturated heterocycles. The number of hydrogen-bond donors (Lipinski definition) is 1. The molecule has 2 nitrogen and oxygen atoms in total. The highest BCUT2D eigenvalue weighted by atomic mass is 32.2. The third kappa shape index (κ3) is 3.91. The molecule has 76 valence electrons. The van der Waals surface area contributed by atoms with Gasteiger partial charge in [-0.15, -0.1) is 18.2 Å². The third-order valence-electron chi connectivity index (χ3n) is 1.86. The minimum absolute atomic E-state index is 0.793. The lowest BCUT2D eigenvalue weighted by molar-refractivity contribution is 0.485. The van der Waals surface area contributed by atoms with Gasteiger partial charge in [0.2, 0.25) is 0 Å². The summed E-state index contributed by atoms with van der Waals surface area (Å²) in [6.07, 6.45) is 6.86. The van der Waals surface area contributed by atoms with Crippen LogP contribution in [0, 0.1) is 19.3 Å². The first-order valence-electron chi connectivity index (χ1n) is 4.59. The Morgan fingerprint density at radius 3 is 3.14 bits per heavy atom. The van der Waals surface area contributed by atoms with Gasteiger partial charge in [0.05, 0.1) is 18.6 Å². The van der Waals surface area contributed by atoms with Gasteiger partial charge in [-0.25, -0.2) is 0 Å². The van der Waals surface area contributed by atoms with Crippen LogP contribution < -0.4 is 5.32 Å². The number of aryl methyl sites for hydroxylation is 1. The lowest BCUT2D eigenvalue weighted by atomic mass is 10.3. The summed E-state index contributed by atoms with van der Waals surface area (Å²) in [6, 6.07) is 1.98. The molecule has 0 radical (unpaired) electrons. The van der Waals surface area contributed by atoms with Crippen LogP contribution in [0.2, 0.25) is 0 Å². The van der Waals surface area contributed by atoms with E-state index in [1.165, 1.54) is 5.56 Å². The SMILES string of the molecule is C#CCSCCNCc1occc1C. The second kappa shape index (κ2) is 6.58. The van der Waals surface area contributed by atoms with Crippen molar-refractivity contribution in [3.8, 4) is 12.3 Å². The van der Waals surface area contributed by atoms with E-state index in [1.807, 2.05) is 13.0 Å². The molecule has 0 amide bonds. The van der Waals surface area contributed by atoms with Crippen molar-refractivity contribution in [1.29, 1.82) is 0 Å². The van der Waals surface area contributed by atoms with E-state index in [0.29, 0.717) is 0 Å². The van der Waals surface area contributed by atoms with Gasteiger partial charge in [-0.05, 0) is 18.6 Å². The van der Waals surface area contributed by atoms with Crippen LogP contribution in [0.3, 0.4) is 0 Å². The van der Waals surface area contributed by atoms with Gasteiger partial charge in [-0.2, -0.15) is 0 Å². The molecule has 1 rings (SSSR count). The fourth-order valence-electron chi connectivity index (χ4n) is 1.06. The van der Waals surface area contributed by atoms with Gasteiger partial charge >= 0.3 is 0 Å². The second-order valence-electron chi connectivity index (χ2n) is 2.96. The van der Waals surface area contributed by atoms with E-state index in [4.69, 9.17) is 10.8 Å². The maximum atomic E-state index is 5.29. The highest BCUT2D eigenvalue weighted by molar-refractivity contribution is 7.99. The Bertz CT molecular complexity index is 300. The van der Waals surface area contributed by atoms with Gasteiger partial charge in [0.25, 0.3) is 0 Å². The Kier molecular flexibility index (Phi) is 5.28. The predicted molar refractivity (Wildman–Crippen MR) is 61.3 cm³/mol. The molecule has 1 N–H and O–H groups in total. The van der Waals surface area contributed by atoms with E-state index in [0.717, 1.165) is 30.4 Å². The first-order valence-corrected chi connectivity index (χ1v) is 5.75. The van der Waals surface area contributed by atoms with Gasteiger partial charge in [0.15, 0.2) is 0 Å². The molecule has 0 unspecified atom stereocenters. The molecular weight excluding hydrogens is 194 g/mol. The molecule has 0 aliphatic rings. The van der Waals surface area contributed by atoms with Crippen molar-refractivity contribution >= 4 is 11.8 Å². The molecule has 1 heterocycles. The molecule has 0 aliphatic heterocycles. The van der Waals surface area contributed by atoms with E-state index < -0.39 is 0 Å². The molecule has 0 atom stereocenters. The number of furan rings is 1. The number of terminal acetylenes is 1. The van der Waals surface area contributed by atoms with Gasteiger partial charge < -0.3 is 9.73 Å². The van der Waals surface area contributed by atoms with Crippen LogP contribution in [0.25, 0.3) is 0 Å². The van der Waals surface area contributed by atoms with E-state index >= 15 is 0 Å². The molecule has 0 fully saturated rings. The second-order valence-corrected chi connectivity index (χ2v) is 4.07. The summed E-state index contributed by atoms with van der Waals surface area (Å²) in [5.41, 5.74) is 1.20. The molecule has 0 spiro atoms. The van der Waals surface area contributed by atoms with Crippen molar-refractivity contribution in [3.63, 3.8) is 0 Å². The topological polar surface area (TPSA) is 25.2 Å². The third-order valence-corrected chi connectivity index (χ3v) is 2.73. The molecule has 0 aliphatic carbocycles. The van der Waals surface area contributed by atoms with Crippen molar-refractivity contribution in [2.45, 2.75) is 13.5 Å². The van der Waals surface area contributed by atoms with Crippen LogP contribution in [0.5, 0.6) is 0 Å². The molecule has 0 saturated carbocycles. The Morgan fingerprint density at radius 2 is 2.50 bits per heavy atom. The fraction of sp³-hybridized carbons (Fsp3) is 0.455. The van der Waals surface area contributed by atoms with Crippen LogP contribution in [0.1, 0.15) is 11.3 Å². The first-order chi connectivity index (χ1) is 6.84. The largest absolute Gasteiger partial charge is 0.468 e. The summed E-state index contributed by atoms with van der Waals surface area (Å²) in [5.74, 6) is 5.46. The summed E-state index contributed by atoms with van der Waals surface area (Å²) < 4.78 is 5.29. The lowest BCUT2D eigenvalue weighted by Crippen LogP contribution is -2.16. The fourth-order valence-corrected chi connectivity index (χ4v) is 1.61. The molecule has 0 bridgehead atoms. The van der Waals surface area contributed by atoms with Crippen molar-refractivity contribution in [1.82, 2.24) is 5.32 Å². The average Bonchev–Trinajstić information content (AvgIpc) is 2.58. The molecular formula is C11H15NOS. The van der Waals surface area contributed by atoms with Crippen LogP contribution in [-0.2, 0) is 6.54 Å². The number of thioether (sulfide) groups is 1. The molecule has 1 aromatic rings. The minimum atomic E-state index is 0.793. The zero-order valence-corrected chi connectivity index (χ0v) is 9.19. The van der Waals surface area contributed by atoms with Gasteiger partial charge in [-0.3, -0.25) is 0 Å². The molecule has 3 heteroatoms. The average molecular weight is 209 g/mol. The Labute approximate surface area is 89.5 Å². The minimum Gasteiger partial charge on any atom is -0.468 e. The van der Waals surface area contributed by atoms with Crippen LogP contribution in [0.4, 0.5) is 0 Å². The zero-order chi connectivity index (χ0) is 10.2. The van der Waals surface area contributed by atoms with Crippen molar-refractivity contribution in [3.05, 3.63) is 23.7 Å². The number of hydrogen-bond acceptors (Lipinski definition) is 3. The summed E-state index contributed by atoms with van der Waals surface area (Å²) in [7, 11) is 0. The lowest BCUT2D eigenvalue weighted by Gasteiger charge is -2.01. The van der Waals surface area contributed by atoms with E-state index in [-0.39, 0.29) is 0 Å². The van der Waals surface area contributed by atoms with Gasteiger partial charge in [-0.1, -0.05) is 5.92 Å². The van der Waals surface area contributed by atoms with Crippen LogP contribution in [-0.4, -0.2) is 18.1 Å². The standard InChI is InChI=1S/C11H15NOS/c1-3-7-14-8-5-12-9-11-10(2)4-6-13-11/h1,4,6,12H,5,7-9H2,2H3. The van der Waals surface area contributed by atoms with Crippen molar-refractivity contribution in [2.75, 3.05) is 18.1 Å². The quantitative estimate of drug-likeness (QED) is 0.573.